The summed E-state index contributed by atoms with van der Waals surface area (Å²) >= 11 is 0. The molecule has 0 saturated heterocycles. The van der Waals surface area contributed by atoms with Crippen molar-refractivity contribution in [3.63, 3.8) is 0 Å². The van der Waals surface area contributed by atoms with E-state index in [2.05, 4.69) is 34.3 Å². The van der Waals surface area contributed by atoms with E-state index in [0.717, 1.165) is 38.0 Å². The number of amides is 2. The van der Waals surface area contributed by atoms with Gasteiger partial charge < -0.3 is 11.1 Å². The van der Waals surface area contributed by atoms with Gasteiger partial charge >= 0.3 is 6.03 Å². The molecule has 2 heterocycles. The van der Waals surface area contributed by atoms with E-state index >= 15 is 0 Å². The molecule has 0 radical (unpaired) electrons. The van der Waals surface area contributed by atoms with Gasteiger partial charge in [0, 0.05) is 32.0 Å². The molecular formula is C20H27N5O. The molecule has 3 N–H and O–H groups in total. The van der Waals surface area contributed by atoms with Gasteiger partial charge in [0.05, 0.1) is 17.4 Å². The Balaban J connectivity index is 1.78. The van der Waals surface area contributed by atoms with Gasteiger partial charge in [-0.15, -0.1) is 0 Å². The summed E-state index contributed by atoms with van der Waals surface area (Å²) in [5.41, 5.74) is 10.0. The summed E-state index contributed by atoms with van der Waals surface area (Å²) in [6.07, 6.45) is 7.94. The predicted molar refractivity (Wildman–Crippen MR) is 102 cm³/mol. The molecule has 6 nitrogen and oxygen atoms in total. The highest BCUT2D eigenvalue weighted by Crippen LogP contribution is 2.33. The molecule has 0 fully saturated rings. The number of aromatic nitrogens is 2. The molecule has 3 rings (SSSR count). The summed E-state index contributed by atoms with van der Waals surface area (Å²) in [6, 6.07) is 8.09. The molecule has 1 aliphatic carbocycles. The standard InChI is InChI=1S/C20H27N5O/c1-15-6-3-10-22-17(15)14-25(13-5-12-24-20(21)26)18-9-2-7-16-8-4-11-23-19(16)18/h3-4,6,8,10-11,18H,2,5,7,9,12-14H2,1H3,(H3,21,24,26). The second kappa shape index (κ2) is 8.76. The third-order valence-corrected chi connectivity index (χ3v) is 5.00. The number of nitrogens with zero attached hydrogens (tertiary/aromatic N) is 3. The van der Waals surface area contributed by atoms with Crippen LogP contribution in [0, 0.1) is 6.92 Å². The van der Waals surface area contributed by atoms with E-state index < -0.39 is 6.03 Å². The van der Waals surface area contributed by atoms with E-state index in [1.54, 1.807) is 0 Å². The number of primary amides is 1. The Kier molecular flexibility index (Phi) is 6.17. The Bertz CT molecular complexity index is 748. The van der Waals surface area contributed by atoms with Crippen LogP contribution in [0.1, 0.15) is 47.8 Å². The zero-order chi connectivity index (χ0) is 18.4. The van der Waals surface area contributed by atoms with Gasteiger partial charge in [-0.1, -0.05) is 12.1 Å². The van der Waals surface area contributed by atoms with Gasteiger partial charge in [-0.3, -0.25) is 14.9 Å². The number of hydrogen-bond acceptors (Lipinski definition) is 4. The van der Waals surface area contributed by atoms with Crippen molar-refractivity contribution in [1.82, 2.24) is 20.2 Å². The number of aryl methyl sites for hydroxylation is 2. The van der Waals surface area contributed by atoms with Crippen molar-refractivity contribution in [2.45, 2.75) is 45.2 Å². The highest BCUT2D eigenvalue weighted by molar-refractivity contribution is 5.71. The quantitative estimate of drug-likeness (QED) is 0.750. The lowest BCUT2D eigenvalue weighted by atomic mass is 9.90. The van der Waals surface area contributed by atoms with Gasteiger partial charge in [0.1, 0.15) is 0 Å². The second-order valence-corrected chi connectivity index (χ2v) is 6.84. The van der Waals surface area contributed by atoms with Crippen molar-refractivity contribution >= 4 is 6.03 Å². The number of urea groups is 1. The van der Waals surface area contributed by atoms with Crippen LogP contribution in [-0.4, -0.2) is 34.0 Å². The number of pyridine rings is 2. The minimum atomic E-state index is -0.471. The molecule has 2 aromatic heterocycles. The van der Waals surface area contributed by atoms with Gasteiger partial charge in [-0.05, 0) is 55.9 Å². The maximum Gasteiger partial charge on any atom is 0.312 e. The number of nitrogens with two attached hydrogens (primary N) is 1. The monoisotopic (exact) mass is 353 g/mol. The van der Waals surface area contributed by atoms with E-state index in [4.69, 9.17) is 10.7 Å². The third-order valence-electron chi connectivity index (χ3n) is 5.00. The van der Waals surface area contributed by atoms with Crippen LogP contribution in [0.25, 0.3) is 0 Å². The highest BCUT2D eigenvalue weighted by atomic mass is 16.2. The fourth-order valence-corrected chi connectivity index (χ4v) is 3.66. The van der Waals surface area contributed by atoms with Crippen LogP contribution in [0.2, 0.25) is 0 Å². The van der Waals surface area contributed by atoms with Crippen LogP contribution in [-0.2, 0) is 13.0 Å². The van der Waals surface area contributed by atoms with Crippen LogP contribution in [0.4, 0.5) is 4.79 Å². The summed E-state index contributed by atoms with van der Waals surface area (Å²) in [7, 11) is 0. The van der Waals surface area contributed by atoms with E-state index in [0.29, 0.717) is 6.54 Å². The second-order valence-electron chi connectivity index (χ2n) is 6.84. The molecule has 0 spiro atoms. The zero-order valence-electron chi connectivity index (χ0n) is 15.3. The number of rotatable bonds is 7. The van der Waals surface area contributed by atoms with Crippen molar-refractivity contribution < 1.29 is 4.79 Å². The lowest BCUT2D eigenvalue weighted by molar-refractivity contribution is 0.161. The van der Waals surface area contributed by atoms with Crippen molar-refractivity contribution in [3.05, 3.63) is 59.2 Å². The summed E-state index contributed by atoms with van der Waals surface area (Å²) in [5, 5.41) is 2.68. The molecular weight excluding hydrogens is 326 g/mol. The zero-order valence-corrected chi connectivity index (χ0v) is 15.3. The van der Waals surface area contributed by atoms with Gasteiger partial charge in [0.15, 0.2) is 0 Å². The Morgan fingerprint density at radius 3 is 2.92 bits per heavy atom. The Morgan fingerprint density at radius 2 is 2.12 bits per heavy atom. The van der Waals surface area contributed by atoms with E-state index in [1.807, 2.05) is 24.5 Å². The first-order chi connectivity index (χ1) is 12.6. The molecule has 0 aliphatic heterocycles. The van der Waals surface area contributed by atoms with Crippen molar-refractivity contribution in [3.8, 4) is 0 Å². The molecule has 0 saturated carbocycles. The van der Waals surface area contributed by atoms with Crippen molar-refractivity contribution in [1.29, 1.82) is 0 Å². The normalized spacial score (nSPS) is 16.3. The summed E-state index contributed by atoms with van der Waals surface area (Å²) in [6.45, 7) is 4.32. The molecule has 0 bridgehead atoms. The minimum absolute atomic E-state index is 0.287. The lowest BCUT2D eigenvalue weighted by Crippen LogP contribution is -2.36. The third kappa shape index (κ3) is 4.58. The SMILES string of the molecule is Cc1cccnc1CN(CCCNC(N)=O)C1CCCc2cccnc21. The molecule has 1 atom stereocenters. The molecule has 6 heteroatoms. The number of fused-ring (bicyclic) bond motifs is 1. The number of nitrogens with one attached hydrogen (secondary N) is 1. The molecule has 1 unspecified atom stereocenters. The first kappa shape index (κ1) is 18.3. The highest BCUT2D eigenvalue weighted by Gasteiger charge is 2.27. The first-order valence-electron chi connectivity index (χ1n) is 9.27. The van der Waals surface area contributed by atoms with E-state index in [1.165, 1.54) is 23.2 Å². The van der Waals surface area contributed by atoms with Crippen LogP contribution in [0.15, 0.2) is 36.7 Å². The summed E-state index contributed by atoms with van der Waals surface area (Å²) in [5.74, 6) is 0. The summed E-state index contributed by atoms with van der Waals surface area (Å²) < 4.78 is 0. The molecule has 0 aromatic carbocycles. The average Bonchev–Trinajstić information content (AvgIpc) is 2.65. The van der Waals surface area contributed by atoms with Crippen molar-refractivity contribution in [2.24, 2.45) is 5.73 Å². The lowest BCUT2D eigenvalue weighted by Gasteiger charge is -2.35. The predicted octanol–water partition coefficient (Wildman–Crippen LogP) is 2.72. The van der Waals surface area contributed by atoms with Gasteiger partial charge in [0.25, 0.3) is 0 Å². The molecule has 1 aliphatic rings. The van der Waals surface area contributed by atoms with Gasteiger partial charge in [-0.25, -0.2) is 4.79 Å². The average molecular weight is 353 g/mol. The Morgan fingerprint density at radius 1 is 1.31 bits per heavy atom. The van der Waals surface area contributed by atoms with Crippen LogP contribution >= 0.6 is 0 Å². The van der Waals surface area contributed by atoms with Gasteiger partial charge in [-0.2, -0.15) is 0 Å². The smallest absolute Gasteiger partial charge is 0.312 e. The maximum atomic E-state index is 10.9. The maximum absolute atomic E-state index is 10.9. The largest absolute Gasteiger partial charge is 0.352 e. The van der Waals surface area contributed by atoms with Crippen molar-refractivity contribution in [2.75, 3.05) is 13.1 Å². The number of carbonyl (C=O) groups is 1. The molecule has 138 valence electrons. The Labute approximate surface area is 154 Å². The fraction of sp³-hybridized carbons (Fsp3) is 0.450. The van der Waals surface area contributed by atoms with Gasteiger partial charge in [0.2, 0.25) is 0 Å². The number of hydrogen-bond donors (Lipinski definition) is 2. The van der Waals surface area contributed by atoms with Crippen LogP contribution in [0.3, 0.4) is 0 Å². The minimum Gasteiger partial charge on any atom is -0.352 e. The van der Waals surface area contributed by atoms with Crippen LogP contribution < -0.4 is 11.1 Å². The number of carbonyl (C=O) groups excluding carboxylic acids is 1. The fourth-order valence-electron chi connectivity index (χ4n) is 3.66. The summed E-state index contributed by atoms with van der Waals surface area (Å²) in [4.78, 5) is 22.6. The van der Waals surface area contributed by atoms with Crippen LogP contribution in [0.5, 0.6) is 0 Å². The topological polar surface area (TPSA) is 84.1 Å². The first-order valence-corrected chi connectivity index (χ1v) is 9.27. The molecule has 26 heavy (non-hydrogen) atoms. The molecule has 2 amide bonds. The Hall–Kier alpha value is -2.47. The van der Waals surface area contributed by atoms with E-state index in [9.17, 15) is 4.79 Å². The van der Waals surface area contributed by atoms with E-state index in [-0.39, 0.29) is 6.04 Å². The molecule has 2 aromatic rings.